The SMILES string of the molecule is O=C(Nc1ccccc1-c1ccccc1)c1ccc(C(F)(F)F)nc1. The number of halogens is 3. The fourth-order valence-corrected chi connectivity index (χ4v) is 2.35. The van der Waals surface area contributed by atoms with Crippen molar-refractivity contribution in [2.75, 3.05) is 5.32 Å². The summed E-state index contributed by atoms with van der Waals surface area (Å²) in [6.45, 7) is 0. The lowest BCUT2D eigenvalue weighted by Gasteiger charge is -2.12. The fraction of sp³-hybridized carbons (Fsp3) is 0.0526. The van der Waals surface area contributed by atoms with E-state index in [1.807, 2.05) is 42.5 Å². The Balaban J connectivity index is 1.85. The highest BCUT2D eigenvalue weighted by Gasteiger charge is 2.32. The summed E-state index contributed by atoms with van der Waals surface area (Å²) >= 11 is 0. The molecule has 1 aromatic heterocycles. The molecule has 0 atom stereocenters. The molecule has 3 nitrogen and oxygen atoms in total. The first kappa shape index (κ1) is 16.7. The molecule has 0 saturated heterocycles. The van der Waals surface area contributed by atoms with Crippen molar-refractivity contribution in [3.8, 4) is 11.1 Å². The molecule has 0 aliphatic carbocycles. The van der Waals surface area contributed by atoms with E-state index >= 15 is 0 Å². The Morgan fingerprint density at radius 2 is 1.56 bits per heavy atom. The number of nitrogens with one attached hydrogen (secondary N) is 1. The average molecular weight is 342 g/mol. The molecule has 3 aromatic rings. The molecule has 0 saturated carbocycles. The number of aromatic nitrogens is 1. The molecule has 0 bridgehead atoms. The summed E-state index contributed by atoms with van der Waals surface area (Å²) < 4.78 is 37.6. The molecule has 0 aliphatic heterocycles. The molecule has 6 heteroatoms. The first-order chi connectivity index (χ1) is 11.9. The maximum atomic E-state index is 12.5. The number of hydrogen-bond acceptors (Lipinski definition) is 2. The lowest BCUT2D eigenvalue weighted by atomic mass is 10.0. The number of amides is 1. The van der Waals surface area contributed by atoms with Gasteiger partial charge in [0.2, 0.25) is 0 Å². The second-order valence-corrected chi connectivity index (χ2v) is 5.30. The topological polar surface area (TPSA) is 42.0 Å². The zero-order valence-corrected chi connectivity index (χ0v) is 12.9. The van der Waals surface area contributed by atoms with E-state index in [0.29, 0.717) is 5.69 Å². The minimum absolute atomic E-state index is 0.0517. The highest BCUT2D eigenvalue weighted by atomic mass is 19.4. The smallest absolute Gasteiger partial charge is 0.321 e. The van der Waals surface area contributed by atoms with Crippen LogP contribution in [0.1, 0.15) is 16.1 Å². The van der Waals surface area contributed by atoms with Gasteiger partial charge in [0.25, 0.3) is 5.91 Å². The molecule has 0 spiro atoms. The number of rotatable bonds is 3. The maximum Gasteiger partial charge on any atom is 0.433 e. The van der Waals surface area contributed by atoms with Gasteiger partial charge in [-0.2, -0.15) is 13.2 Å². The number of carbonyl (C=O) groups excluding carboxylic acids is 1. The summed E-state index contributed by atoms with van der Waals surface area (Å²) in [6.07, 6.45) is -3.61. The highest BCUT2D eigenvalue weighted by Crippen LogP contribution is 2.29. The zero-order valence-electron chi connectivity index (χ0n) is 12.9. The average Bonchev–Trinajstić information content (AvgIpc) is 2.62. The molecule has 0 fully saturated rings. The van der Waals surface area contributed by atoms with Gasteiger partial charge in [-0.1, -0.05) is 48.5 Å². The Bertz CT molecular complexity index is 875. The van der Waals surface area contributed by atoms with Gasteiger partial charge in [0.05, 0.1) is 5.56 Å². The van der Waals surface area contributed by atoms with Gasteiger partial charge < -0.3 is 5.32 Å². The maximum absolute atomic E-state index is 12.5. The van der Waals surface area contributed by atoms with E-state index in [-0.39, 0.29) is 5.56 Å². The third kappa shape index (κ3) is 3.85. The van der Waals surface area contributed by atoms with Crippen molar-refractivity contribution in [2.45, 2.75) is 6.18 Å². The second kappa shape index (κ2) is 6.76. The molecule has 3 rings (SSSR count). The van der Waals surface area contributed by atoms with Gasteiger partial charge in [-0.3, -0.25) is 9.78 Å². The van der Waals surface area contributed by atoms with Crippen LogP contribution in [0.5, 0.6) is 0 Å². The summed E-state index contributed by atoms with van der Waals surface area (Å²) in [5.74, 6) is -0.524. The predicted octanol–water partition coefficient (Wildman–Crippen LogP) is 5.02. The van der Waals surface area contributed by atoms with E-state index in [9.17, 15) is 18.0 Å². The Labute approximate surface area is 142 Å². The normalized spacial score (nSPS) is 11.2. The van der Waals surface area contributed by atoms with Crippen molar-refractivity contribution in [3.63, 3.8) is 0 Å². The van der Waals surface area contributed by atoms with Gasteiger partial charge in [0, 0.05) is 17.4 Å². The molecular formula is C19H13F3N2O. The number of para-hydroxylation sites is 1. The molecule has 0 aliphatic rings. The Morgan fingerprint density at radius 1 is 0.880 bits per heavy atom. The van der Waals surface area contributed by atoms with E-state index in [2.05, 4.69) is 10.3 Å². The minimum atomic E-state index is -4.53. The van der Waals surface area contributed by atoms with E-state index in [1.165, 1.54) is 0 Å². The van der Waals surface area contributed by atoms with E-state index in [4.69, 9.17) is 0 Å². The standard InChI is InChI=1S/C19H13F3N2O/c20-19(21,22)17-11-10-14(12-23-17)18(25)24-16-9-5-4-8-15(16)13-6-2-1-3-7-13/h1-12H,(H,24,25). The van der Waals surface area contributed by atoms with Crippen molar-refractivity contribution >= 4 is 11.6 Å². The molecule has 126 valence electrons. The Hall–Kier alpha value is -3.15. The molecular weight excluding hydrogens is 329 g/mol. The highest BCUT2D eigenvalue weighted by molar-refractivity contribution is 6.06. The van der Waals surface area contributed by atoms with Crippen LogP contribution in [-0.2, 0) is 6.18 Å². The number of pyridine rings is 1. The van der Waals surface area contributed by atoms with Gasteiger partial charge in [-0.15, -0.1) is 0 Å². The van der Waals surface area contributed by atoms with Crippen molar-refractivity contribution in [1.29, 1.82) is 0 Å². The van der Waals surface area contributed by atoms with Crippen LogP contribution in [0.4, 0.5) is 18.9 Å². The summed E-state index contributed by atoms with van der Waals surface area (Å²) in [5.41, 5.74) is 1.32. The van der Waals surface area contributed by atoms with Crippen LogP contribution in [0, 0.1) is 0 Å². The first-order valence-electron chi connectivity index (χ1n) is 7.44. The molecule has 0 unspecified atom stereocenters. The monoisotopic (exact) mass is 342 g/mol. The van der Waals surface area contributed by atoms with Crippen molar-refractivity contribution in [2.24, 2.45) is 0 Å². The van der Waals surface area contributed by atoms with Crippen molar-refractivity contribution in [1.82, 2.24) is 4.98 Å². The summed E-state index contributed by atoms with van der Waals surface area (Å²) in [7, 11) is 0. The molecule has 1 N–H and O–H groups in total. The molecule has 0 radical (unpaired) electrons. The second-order valence-electron chi connectivity index (χ2n) is 5.30. The Morgan fingerprint density at radius 3 is 2.20 bits per heavy atom. The number of nitrogens with zero attached hydrogens (tertiary/aromatic N) is 1. The van der Waals surface area contributed by atoms with Crippen LogP contribution < -0.4 is 5.32 Å². The predicted molar refractivity (Wildman–Crippen MR) is 89.1 cm³/mol. The largest absolute Gasteiger partial charge is 0.433 e. The van der Waals surface area contributed by atoms with Crippen LogP contribution in [0.25, 0.3) is 11.1 Å². The molecule has 25 heavy (non-hydrogen) atoms. The van der Waals surface area contributed by atoms with Gasteiger partial charge >= 0.3 is 6.18 Å². The fourth-order valence-electron chi connectivity index (χ4n) is 2.35. The van der Waals surface area contributed by atoms with Crippen LogP contribution in [0.15, 0.2) is 72.9 Å². The van der Waals surface area contributed by atoms with E-state index < -0.39 is 17.8 Å². The van der Waals surface area contributed by atoms with Crippen LogP contribution in [0.2, 0.25) is 0 Å². The third-order valence-electron chi connectivity index (χ3n) is 3.58. The van der Waals surface area contributed by atoms with Gasteiger partial charge in [-0.05, 0) is 23.8 Å². The molecule has 2 aromatic carbocycles. The third-order valence-corrected chi connectivity index (χ3v) is 3.58. The summed E-state index contributed by atoms with van der Waals surface area (Å²) in [6, 6.07) is 18.6. The van der Waals surface area contributed by atoms with E-state index in [0.717, 1.165) is 29.5 Å². The lowest BCUT2D eigenvalue weighted by molar-refractivity contribution is -0.141. The summed E-state index contributed by atoms with van der Waals surface area (Å²) in [5, 5.41) is 2.72. The van der Waals surface area contributed by atoms with Gasteiger partial charge in [0.15, 0.2) is 0 Å². The number of benzene rings is 2. The number of alkyl halides is 3. The number of anilines is 1. The zero-order chi connectivity index (χ0) is 17.9. The quantitative estimate of drug-likeness (QED) is 0.726. The van der Waals surface area contributed by atoms with Crippen molar-refractivity contribution < 1.29 is 18.0 Å². The number of carbonyl (C=O) groups is 1. The molecule has 1 amide bonds. The number of hydrogen-bond donors (Lipinski definition) is 1. The van der Waals surface area contributed by atoms with Crippen LogP contribution >= 0.6 is 0 Å². The minimum Gasteiger partial charge on any atom is -0.321 e. The van der Waals surface area contributed by atoms with E-state index in [1.54, 1.807) is 12.1 Å². The molecule has 1 heterocycles. The first-order valence-corrected chi connectivity index (χ1v) is 7.44. The summed E-state index contributed by atoms with van der Waals surface area (Å²) in [4.78, 5) is 15.6. The van der Waals surface area contributed by atoms with Crippen LogP contribution in [0.3, 0.4) is 0 Å². The lowest BCUT2D eigenvalue weighted by Crippen LogP contribution is -2.14. The van der Waals surface area contributed by atoms with Gasteiger partial charge in [-0.25, -0.2) is 0 Å². The van der Waals surface area contributed by atoms with Crippen molar-refractivity contribution in [3.05, 3.63) is 84.2 Å². The Kier molecular flexibility index (Phi) is 4.52. The van der Waals surface area contributed by atoms with Crippen LogP contribution in [-0.4, -0.2) is 10.9 Å². The van der Waals surface area contributed by atoms with Gasteiger partial charge in [0.1, 0.15) is 5.69 Å².